The lowest BCUT2D eigenvalue weighted by molar-refractivity contribution is 0.618. The van der Waals surface area contributed by atoms with Crippen molar-refractivity contribution in [2.75, 3.05) is 0 Å². The predicted octanol–water partition coefficient (Wildman–Crippen LogP) is 2.71. The molecule has 13 heavy (non-hydrogen) atoms. The van der Waals surface area contributed by atoms with E-state index in [1.807, 2.05) is 6.92 Å². The van der Waals surface area contributed by atoms with Crippen LogP contribution in [0.5, 0.6) is 0 Å². The fraction of sp³-hybridized carbons (Fsp3) is 0.273. The Labute approximate surface area is 78.1 Å². The number of halogens is 1. The first-order chi connectivity index (χ1) is 6.15. The van der Waals surface area contributed by atoms with Crippen LogP contribution in [0.25, 0.3) is 0 Å². The summed E-state index contributed by atoms with van der Waals surface area (Å²) in [4.78, 5) is 0. The van der Waals surface area contributed by atoms with Crippen LogP contribution in [0.3, 0.4) is 0 Å². The van der Waals surface area contributed by atoms with Gasteiger partial charge in [-0.15, -0.1) is 6.58 Å². The normalized spacial score (nSPS) is 12.5. The van der Waals surface area contributed by atoms with Gasteiger partial charge in [0.15, 0.2) is 0 Å². The van der Waals surface area contributed by atoms with Crippen molar-refractivity contribution in [2.24, 2.45) is 5.73 Å². The summed E-state index contributed by atoms with van der Waals surface area (Å²) < 4.78 is 12.9. The van der Waals surface area contributed by atoms with Gasteiger partial charge in [0.2, 0.25) is 0 Å². The highest BCUT2D eigenvalue weighted by atomic mass is 19.1. The van der Waals surface area contributed by atoms with Crippen molar-refractivity contribution in [2.45, 2.75) is 19.4 Å². The highest BCUT2D eigenvalue weighted by Gasteiger charge is 2.07. The molecule has 0 aliphatic rings. The Balaban J connectivity index is 2.97. The molecule has 1 nitrogen and oxygen atoms in total. The molecule has 2 heteroatoms. The maximum Gasteiger partial charge on any atom is 0.123 e. The zero-order valence-corrected chi connectivity index (χ0v) is 7.76. The lowest BCUT2D eigenvalue weighted by Crippen LogP contribution is -2.10. The zero-order chi connectivity index (χ0) is 9.84. The van der Waals surface area contributed by atoms with E-state index in [9.17, 15) is 4.39 Å². The van der Waals surface area contributed by atoms with Gasteiger partial charge < -0.3 is 5.73 Å². The predicted molar refractivity (Wildman–Crippen MR) is 52.9 cm³/mol. The Morgan fingerprint density at radius 3 is 2.92 bits per heavy atom. The molecule has 0 fully saturated rings. The highest BCUT2D eigenvalue weighted by molar-refractivity contribution is 5.29. The minimum absolute atomic E-state index is 0.145. The number of hydrogen-bond donors (Lipinski definition) is 1. The third-order valence-corrected chi connectivity index (χ3v) is 2.06. The van der Waals surface area contributed by atoms with E-state index in [0.717, 1.165) is 11.1 Å². The van der Waals surface area contributed by atoms with Gasteiger partial charge in [0.05, 0.1) is 0 Å². The Hall–Kier alpha value is -1.15. The first-order valence-corrected chi connectivity index (χ1v) is 4.27. The summed E-state index contributed by atoms with van der Waals surface area (Å²) in [5.41, 5.74) is 7.72. The van der Waals surface area contributed by atoms with Gasteiger partial charge in [-0.1, -0.05) is 12.1 Å². The summed E-state index contributed by atoms with van der Waals surface area (Å²) in [6.07, 6.45) is 2.42. The zero-order valence-electron chi connectivity index (χ0n) is 7.76. The van der Waals surface area contributed by atoms with Crippen LogP contribution in [0.15, 0.2) is 30.9 Å². The van der Waals surface area contributed by atoms with Gasteiger partial charge in [0.1, 0.15) is 5.82 Å². The van der Waals surface area contributed by atoms with Crippen molar-refractivity contribution in [3.05, 3.63) is 47.8 Å². The maximum atomic E-state index is 12.9. The third kappa shape index (κ3) is 2.39. The van der Waals surface area contributed by atoms with Crippen LogP contribution in [0.4, 0.5) is 4.39 Å². The molecule has 0 amide bonds. The number of rotatable bonds is 3. The minimum Gasteiger partial charge on any atom is -0.324 e. The molecule has 0 bridgehead atoms. The third-order valence-electron chi connectivity index (χ3n) is 2.06. The van der Waals surface area contributed by atoms with E-state index in [0.29, 0.717) is 6.42 Å². The molecule has 0 aromatic heterocycles. The maximum absolute atomic E-state index is 12.9. The number of aryl methyl sites for hydroxylation is 1. The summed E-state index contributed by atoms with van der Waals surface area (Å²) in [5, 5.41) is 0. The quantitative estimate of drug-likeness (QED) is 0.709. The van der Waals surface area contributed by atoms with E-state index in [2.05, 4.69) is 6.58 Å². The second kappa shape index (κ2) is 4.19. The second-order valence-electron chi connectivity index (χ2n) is 3.13. The van der Waals surface area contributed by atoms with Crippen molar-refractivity contribution in [3.8, 4) is 0 Å². The van der Waals surface area contributed by atoms with Crippen molar-refractivity contribution < 1.29 is 4.39 Å². The van der Waals surface area contributed by atoms with Crippen LogP contribution in [-0.2, 0) is 0 Å². The molecule has 0 aliphatic carbocycles. The van der Waals surface area contributed by atoms with E-state index in [4.69, 9.17) is 5.73 Å². The van der Waals surface area contributed by atoms with Crippen molar-refractivity contribution in [3.63, 3.8) is 0 Å². The van der Waals surface area contributed by atoms with Crippen LogP contribution in [0.2, 0.25) is 0 Å². The lowest BCUT2D eigenvalue weighted by Gasteiger charge is -2.12. The monoisotopic (exact) mass is 179 g/mol. The Bertz CT molecular complexity index is 307. The number of nitrogens with two attached hydrogens (primary N) is 1. The first kappa shape index (κ1) is 9.93. The van der Waals surface area contributed by atoms with E-state index in [-0.39, 0.29) is 11.9 Å². The Morgan fingerprint density at radius 2 is 2.31 bits per heavy atom. The first-order valence-electron chi connectivity index (χ1n) is 4.27. The summed E-state index contributed by atoms with van der Waals surface area (Å²) in [5.74, 6) is -0.236. The Morgan fingerprint density at radius 1 is 1.62 bits per heavy atom. The molecular formula is C11H14FN. The van der Waals surface area contributed by atoms with Crippen LogP contribution in [0, 0.1) is 12.7 Å². The molecule has 2 N–H and O–H groups in total. The molecule has 0 aliphatic heterocycles. The standard InChI is InChI=1S/C11H14FN/c1-3-4-11(13)10-7-9(12)6-5-8(10)2/h3,5-7,11H,1,4,13H2,2H3/t11-/m0/s1. The van der Waals surface area contributed by atoms with Gasteiger partial charge in [-0.05, 0) is 36.6 Å². The molecule has 0 saturated carbocycles. The van der Waals surface area contributed by atoms with E-state index in [1.54, 1.807) is 12.1 Å². The van der Waals surface area contributed by atoms with Crippen LogP contribution >= 0.6 is 0 Å². The average molecular weight is 179 g/mol. The molecule has 0 radical (unpaired) electrons. The summed E-state index contributed by atoms with van der Waals surface area (Å²) in [7, 11) is 0. The van der Waals surface area contributed by atoms with Gasteiger partial charge in [-0.3, -0.25) is 0 Å². The van der Waals surface area contributed by atoms with Crippen molar-refractivity contribution in [1.82, 2.24) is 0 Å². The molecule has 0 spiro atoms. The van der Waals surface area contributed by atoms with Crippen LogP contribution < -0.4 is 5.73 Å². The molecule has 70 valence electrons. The number of benzene rings is 1. The molecule has 1 aromatic rings. The molecule has 0 heterocycles. The van der Waals surface area contributed by atoms with Gasteiger partial charge in [-0.25, -0.2) is 4.39 Å². The molecule has 0 unspecified atom stereocenters. The largest absolute Gasteiger partial charge is 0.324 e. The van der Waals surface area contributed by atoms with E-state index < -0.39 is 0 Å². The van der Waals surface area contributed by atoms with E-state index >= 15 is 0 Å². The summed E-state index contributed by atoms with van der Waals surface area (Å²) >= 11 is 0. The molecule has 1 atom stereocenters. The molecule has 1 rings (SSSR count). The van der Waals surface area contributed by atoms with E-state index in [1.165, 1.54) is 12.1 Å². The van der Waals surface area contributed by atoms with Gasteiger partial charge >= 0.3 is 0 Å². The van der Waals surface area contributed by atoms with Gasteiger partial charge in [0.25, 0.3) is 0 Å². The average Bonchev–Trinajstić information content (AvgIpc) is 2.09. The molecule has 1 aromatic carbocycles. The van der Waals surface area contributed by atoms with Crippen molar-refractivity contribution >= 4 is 0 Å². The van der Waals surface area contributed by atoms with Crippen LogP contribution in [-0.4, -0.2) is 0 Å². The number of hydrogen-bond acceptors (Lipinski definition) is 1. The highest BCUT2D eigenvalue weighted by Crippen LogP contribution is 2.19. The minimum atomic E-state index is -0.236. The fourth-order valence-electron chi connectivity index (χ4n) is 1.32. The van der Waals surface area contributed by atoms with Gasteiger partial charge in [-0.2, -0.15) is 0 Å². The summed E-state index contributed by atoms with van der Waals surface area (Å²) in [6.45, 7) is 5.53. The molecular weight excluding hydrogens is 165 g/mol. The topological polar surface area (TPSA) is 26.0 Å². The molecule has 0 saturated heterocycles. The SMILES string of the molecule is C=CC[C@H](N)c1cc(F)ccc1C. The van der Waals surface area contributed by atoms with Crippen LogP contribution in [0.1, 0.15) is 23.6 Å². The fourth-order valence-corrected chi connectivity index (χ4v) is 1.32. The van der Waals surface area contributed by atoms with Gasteiger partial charge in [0, 0.05) is 6.04 Å². The lowest BCUT2D eigenvalue weighted by atomic mass is 9.99. The van der Waals surface area contributed by atoms with Crippen molar-refractivity contribution in [1.29, 1.82) is 0 Å². The second-order valence-corrected chi connectivity index (χ2v) is 3.13. The Kier molecular flexibility index (Phi) is 3.20. The summed E-state index contributed by atoms with van der Waals surface area (Å²) in [6, 6.07) is 4.53. The smallest absolute Gasteiger partial charge is 0.123 e.